The molecule has 1 heterocycles. The lowest BCUT2D eigenvalue weighted by atomic mass is 9.96. The van der Waals surface area contributed by atoms with Crippen LogP contribution in [-0.4, -0.2) is 33.6 Å². The zero-order valence-corrected chi connectivity index (χ0v) is 14.2. The van der Waals surface area contributed by atoms with E-state index < -0.39 is 23.8 Å². The van der Waals surface area contributed by atoms with Gasteiger partial charge in [-0.25, -0.2) is 4.79 Å². The number of unbranched alkanes of at least 4 members (excludes halogenated alkanes) is 2. The van der Waals surface area contributed by atoms with E-state index in [0.717, 1.165) is 18.9 Å². The van der Waals surface area contributed by atoms with E-state index in [1.54, 1.807) is 6.07 Å². The number of thiocarbonyl (C=S) groups is 1. The maximum atomic E-state index is 13.4. The van der Waals surface area contributed by atoms with Crippen LogP contribution in [0.15, 0.2) is 18.2 Å². The van der Waals surface area contributed by atoms with Crippen LogP contribution in [0.1, 0.15) is 49.3 Å². The zero-order valence-electron chi connectivity index (χ0n) is 13.4. The van der Waals surface area contributed by atoms with Crippen LogP contribution in [0.25, 0.3) is 0 Å². The first-order valence-corrected chi connectivity index (χ1v) is 8.40. The third kappa shape index (κ3) is 4.06. The van der Waals surface area contributed by atoms with Gasteiger partial charge in [0.2, 0.25) is 0 Å². The summed E-state index contributed by atoms with van der Waals surface area (Å²) in [7, 11) is 0. The van der Waals surface area contributed by atoms with Crippen LogP contribution in [0.2, 0.25) is 0 Å². The Kier molecular flexibility index (Phi) is 5.85. The number of carboxylic acid groups (broad SMARTS) is 1. The summed E-state index contributed by atoms with van der Waals surface area (Å²) in [5.41, 5.74) is -0.158. The van der Waals surface area contributed by atoms with Crippen LogP contribution >= 0.6 is 12.2 Å². The van der Waals surface area contributed by atoms with E-state index in [2.05, 4.69) is 0 Å². The molecule has 0 amide bonds. The summed E-state index contributed by atoms with van der Waals surface area (Å²) in [6.45, 7) is 2.45. The molecule has 7 heteroatoms. The van der Waals surface area contributed by atoms with Crippen LogP contribution in [0, 0.1) is 0 Å². The van der Waals surface area contributed by atoms with Crippen molar-refractivity contribution in [3.63, 3.8) is 0 Å². The first-order valence-electron chi connectivity index (χ1n) is 7.99. The monoisotopic (exact) mass is 359 g/mol. The number of rotatable bonds is 6. The van der Waals surface area contributed by atoms with Crippen molar-refractivity contribution >= 4 is 23.2 Å². The van der Waals surface area contributed by atoms with Gasteiger partial charge in [-0.15, -0.1) is 0 Å². The lowest BCUT2D eigenvalue weighted by Gasteiger charge is -2.40. The van der Waals surface area contributed by atoms with Gasteiger partial charge >= 0.3 is 12.1 Å². The van der Waals surface area contributed by atoms with E-state index in [1.165, 1.54) is 11.0 Å². The smallest absolute Gasteiger partial charge is 0.416 e. The number of halogens is 3. The Balaban J connectivity index is 2.25. The lowest BCUT2D eigenvalue weighted by Crippen LogP contribution is -2.54. The molecule has 24 heavy (non-hydrogen) atoms. The maximum absolute atomic E-state index is 13.4. The second-order valence-corrected chi connectivity index (χ2v) is 6.35. The second-order valence-electron chi connectivity index (χ2n) is 5.97. The van der Waals surface area contributed by atoms with E-state index in [1.807, 2.05) is 6.92 Å². The molecule has 1 aromatic carbocycles. The Bertz CT molecular complexity index is 631. The van der Waals surface area contributed by atoms with Crippen molar-refractivity contribution in [2.45, 2.75) is 51.2 Å². The quantitative estimate of drug-likeness (QED) is 0.608. The van der Waals surface area contributed by atoms with E-state index in [9.17, 15) is 18.0 Å². The fourth-order valence-electron chi connectivity index (χ4n) is 2.81. The zero-order chi connectivity index (χ0) is 17.9. The number of aliphatic carboxylic acids is 1. The summed E-state index contributed by atoms with van der Waals surface area (Å²) >= 11 is 5.22. The van der Waals surface area contributed by atoms with Crippen molar-refractivity contribution in [3.05, 3.63) is 34.9 Å². The number of hydrogen-bond acceptors (Lipinski definition) is 2. The third-order valence-corrected chi connectivity index (χ3v) is 4.75. The van der Waals surface area contributed by atoms with Crippen LogP contribution < -0.4 is 0 Å². The number of carboxylic acids is 1. The van der Waals surface area contributed by atoms with Crippen molar-refractivity contribution in [1.82, 2.24) is 4.90 Å². The summed E-state index contributed by atoms with van der Waals surface area (Å²) in [5, 5.41) is 9.07. The SMILES string of the molecule is CCCCCc1ccc(C(=S)N2CC[C@@H]2C(=O)O)cc1C(F)(F)F. The largest absolute Gasteiger partial charge is 0.480 e. The Morgan fingerprint density at radius 1 is 1.38 bits per heavy atom. The Labute approximate surface area is 144 Å². The van der Waals surface area contributed by atoms with Crippen molar-refractivity contribution in [2.75, 3.05) is 6.54 Å². The van der Waals surface area contributed by atoms with Gasteiger partial charge in [0, 0.05) is 12.1 Å². The number of aryl methyl sites for hydroxylation is 1. The first-order chi connectivity index (χ1) is 11.3. The van der Waals surface area contributed by atoms with Crippen molar-refractivity contribution in [3.8, 4) is 0 Å². The molecule has 0 unspecified atom stereocenters. The van der Waals surface area contributed by atoms with Crippen LogP contribution in [0.4, 0.5) is 13.2 Å². The molecule has 1 aliphatic heterocycles. The third-order valence-electron chi connectivity index (χ3n) is 4.28. The van der Waals surface area contributed by atoms with E-state index >= 15 is 0 Å². The molecule has 0 aliphatic carbocycles. The predicted molar refractivity (Wildman–Crippen MR) is 89.1 cm³/mol. The summed E-state index contributed by atoms with van der Waals surface area (Å²) < 4.78 is 40.1. The summed E-state index contributed by atoms with van der Waals surface area (Å²) in [6.07, 6.45) is -1.10. The van der Waals surface area contributed by atoms with Crippen LogP contribution in [0.5, 0.6) is 0 Å². The molecule has 0 bridgehead atoms. The molecule has 0 spiro atoms. The van der Waals surface area contributed by atoms with Gasteiger partial charge in [-0.2, -0.15) is 13.2 Å². The molecule has 1 atom stereocenters. The van der Waals surface area contributed by atoms with Gasteiger partial charge in [0.25, 0.3) is 0 Å². The highest BCUT2D eigenvalue weighted by molar-refractivity contribution is 7.80. The van der Waals surface area contributed by atoms with Gasteiger partial charge < -0.3 is 10.0 Å². The van der Waals surface area contributed by atoms with Gasteiger partial charge in [0.1, 0.15) is 11.0 Å². The van der Waals surface area contributed by atoms with E-state index in [4.69, 9.17) is 17.3 Å². The molecule has 1 aliphatic rings. The van der Waals surface area contributed by atoms with Gasteiger partial charge in [0.15, 0.2) is 0 Å². The van der Waals surface area contributed by atoms with Gasteiger partial charge in [-0.1, -0.05) is 44.1 Å². The molecule has 1 N–H and O–H groups in total. The fraction of sp³-hybridized carbons (Fsp3) is 0.529. The summed E-state index contributed by atoms with van der Waals surface area (Å²) in [5.74, 6) is -1.00. The predicted octanol–water partition coefficient (Wildman–Crippen LogP) is 4.27. The van der Waals surface area contributed by atoms with Crippen molar-refractivity contribution < 1.29 is 23.1 Å². The lowest BCUT2D eigenvalue weighted by molar-refractivity contribution is -0.145. The molecule has 0 aromatic heterocycles. The number of nitrogens with zero attached hydrogens (tertiary/aromatic N) is 1. The number of benzene rings is 1. The molecular weight excluding hydrogens is 339 g/mol. The molecule has 1 fully saturated rings. The number of likely N-dealkylation sites (tertiary alicyclic amines) is 1. The molecule has 1 aromatic rings. The van der Waals surface area contributed by atoms with E-state index in [-0.39, 0.29) is 16.1 Å². The van der Waals surface area contributed by atoms with Crippen molar-refractivity contribution in [2.24, 2.45) is 0 Å². The molecule has 0 saturated carbocycles. The average molecular weight is 359 g/mol. The highest BCUT2D eigenvalue weighted by atomic mass is 32.1. The maximum Gasteiger partial charge on any atom is 0.416 e. The Morgan fingerprint density at radius 2 is 2.08 bits per heavy atom. The normalized spacial score (nSPS) is 17.5. The van der Waals surface area contributed by atoms with Crippen LogP contribution in [0.3, 0.4) is 0 Å². The minimum absolute atomic E-state index is 0.166. The van der Waals surface area contributed by atoms with Crippen molar-refractivity contribution in [1.29, 1.82) is 0 Å². The summed E-state index contributed by atoms with van der Waals surface area (Å²) in [4.78, 5) is 12.7. The topological polar surface area (TPSA) is 40.5 Å². The van der Waals surface area contributed by atoms with Gasteiger partial charge in [-0.3, -0.25) is 0 Å². The Morgan fingerprint density at radius 3 is 2.58 bits per heavy atom. The van der Waals surface area contributed by atoms with Gasteiger partial charge in [-0.05, 0) is 30.9 Å². The van der Waals surface area contributed by atoms with Gasteiger partial charge in [0.05, 0.1) is 5.56 Å². The fourth-order valence-corrected chi connectivity index (χ4v) is 3.16. The minimum Gasteiger partial charge on any atom is -0.480 e. The molecule has 132 valence electrons. The Hall–Kier alpha value is -1.63. The molecule has 3 nitrogen and oxygen atoms in total. The summed E-state index contributed by atoms with van der Waals surface area (Å²) in [6, 6.07) is 3.35. The average Bonchev–Trinajstić information content (AvgIpc) is 2.44. The molecular formula is C17H20F3NO2S. The highest BCUT2D eigenvalue weighted by Gasteiger charge is 2.37. The van der Waals surface area contributed by atoms with E-state index in [0.29, 0.717) is 25.8 Å². The molecule has 2 rings (SSSR count). The molecule has 1 saturated heterocycles. The highest BCUT2D eigenvalue weighted by Crippen LogP contribution is 2.34. The number of carbonyl (C=O) groups is 1. The minimum atomic E-state index is -4.45. The van der Waals surface area contributed by atoms with Crippen LogP contribution in [-0.2, 0) is 17.4 Å². The number of alkyl halides is 3. The second kappa shape index (κ2) is 7.51. The standard InChI is InChI=1S/C17H20F3NO2S/c1-2-3-4-5-11-6-7-12(10-13(11)17(18,19)20)15(24)21-9-8-14(21)16(22)23/h6-7,10,14H,2-5,8-9H2,1H3,(H,22,23)/t14-/m1/s1. The number of hydrogen-bond donors (Lipinski definition) is 1. The molecule has 0 radical (unpaired) electrons. The first kappa shape index (κ1) is 18.7.